The fourth-order valence-electron chi connectivity index (χ4n) is 1.63. The lowest BCUT2D eigenvalue weighted by molar-refractivity contribution is -0.139. The fourth-order valence-corrected chi connectivity index (χ4v) is 1.82. The van der Waals surface area contributed by atoms with Crippen LogP contribution in [0.25, 0.3) is 0 Å². The Kier molecular flexibility index (Phi) is 4.49. The van der Waals surface area contributed by atoms with Gasteiger partial charge in [0, 0.05) is 18.3 Å². The van der Waals surface area contributed by atoms with E-state index in [4.69, 9.17) is 16.7 Å². The summed E-state index contributed by atoms with van der Waals surface area (Å²) in [4.78, 5) is 33.1. The van der Waals surface area contributed by atoms with Crippen LogP contribution in [0, 0.1) is 5.82 Å². The molecule has 110 valence electrons. The molecule has 0 aromatic carbocycles. The summed E-state index contributed by atoms with van der Waals surface area (Å²) in [6.45, 7) is 0. The monoisotopic (exact) mass is 312 g/mol. The Morgan fingerprint density at radius 2 is 2.24 bits per heavy atom. The van der Waals surface area contributed by atoms with E-state index in [0.29, 0.717) is 5.69 Å². The summed E-state index contributed by atoms with van der Waals surface area (Å²) in [5, 5.41) is 11.2. The molecule has 7 nitrogen and oxygen atoms in total. The maximum Gasteiger partial charge on any atom is 0.326 e. The van der Waals surface area contributed by atoms with E-state index in [0.717, 1.165) is 12.3 Å². The predicted octanol–water partition coefficient (Wildman–Crippen LogP) is 1.02. The van der Waals surface area contributed by atoms with Gasteiger partial charge in [-0.3, -0.25) is 4.79 Å². The lowest BCUT2D eigenvalue weighted by Crippen LogP contribution is -2.42. The molecule has 0 saturated carbocycles. The highest BCUT2D eigenvalue weighted by Crippen LogP contribution is 2.14. The van der Waals surface area contributed by atoms with Crippen molar-refractivity contribution in [1.29, 1.82) is 0 Å². The molecule has 2 heterocycles. The molecule has 0 spiro atoms. The Morgan fingerprint density at radius 3 is 2.86 bits per heavy atom. The van der Waals surface area contributed by atoms with Gasteiger partial charge in [-0.25, -0.2) is 19.2 Å². The molecule has 3 N–H and O–H groups in total. The number of pyridine rings is 1. The van der Waals surface area contributed by atoms with Gasteiger partial charge in [0.15, 0.2) is 0 Å². The maximum atomic E-state index is 13.1. The van der Waals surface area contributed by atoms with E-state index >= 15 is 0 Å². The molecule has 0 aliphatic rings. The number of H-pyrrole nitrogens is 1. The van der Waals surface area contributed by atoms with Gasteiger partial charge in [0.1, 0.15) is 17.0 Å². The molecule has 0 fully saturated rings. The number of carboxylic acids is 1. The third-order valence-corrected chi connectivity index (χ3v) is 2.93. The van der Waals surface area contributed by atoms with Gasteiger partial charge >= 0.3 is 5.97 Å². The topological polar surface area (TPSA) is 108 Å². The number of hydrogen-bond donors (Lipinski definition) is 3. The van der Waals surface area contributed by atoms with Crippen LogP contribution in [0.15, 0.2) is 24.8 Å². The van der Waals surface area contributed by atoms with Crippen LogP contribution in [0.4, 0.5) is 4.39 Å². The van der Waals surface area contributed by atoms with Gasteiger partial charge in [0.05, 0.1) is 18.1 Å². The van der Waals surface area contributed by atoms with Crippen molar-refractivity contribution in [2.75, 3.05) is 0 Å². The molecule has 0 bridgehead atoms. The van der Waals surface area contributed by atoms with Gasteiger partial charge in [-0.2, -0.15) is 0 Å². The van der Waals surface area contributed by atoms with Crippen LogP contribution in [0.2, 0.25) is 5.15 Å². The molecule has 0 aliphatic carbocycles. The molecule has 0 unspecified atom stereocenters. The number of imidazole rings is 1. The van der Waals surface area contributed by atoms with Crippen LogP contribution in [0.5, 0.6) is 0 Å². The van der Waals surface area contributed by atoms with E-state index in [1.54, 1.807) is 0 Å². The van der Waals surface area contributed by atoms with Gasteiger partial charge in [-0.05, 0) is 6.07 Å². The molecule has 2 aromatic heterocycles. The number of aromatic amines is 1. The first-order chi connectivity index (χ1) is 9.97. The zero-order chi connectivity index (χ0) is 15.4. The number of aromatic nitrogens is 3. The summed E-state index contributed by atoms with van der Waals surface area (Å²) in [5.74, 6) is -2.80. The van der Waals surface area contributed by atoms with E-state index in [1.807, 2.05) is 0 Å². The van der Waals surface area contributed by atoms with Gasteiger partial charge in [0.25, 0.3) is 5.91 Å². The lowest BCUT2D eigenvalue weighted by atomic mass is 10.1. The minimum absolute atomic E-state index is 0.00143. The van der Waals surface area contributed by atoms with Crippen molar-refractivity contribution in [3.63, 3.8) is 0 Å². The molecule has 2 rings (SSSR count). The first kappa shape index (κ1) is 14.9. The fraction of sp³-hybridized carbons (Fsp3) is 0.167. The number of nitrogens with one attached hydrogen (secondary N) is 2. The zero-order valence-electron chi connectivity index (χ0n) is 10.5. The second-order valence-electron chi connectivity index (χ2n) is 4.14. The number of aliphatic carboxylic acids is 1. The standard InChI is InChI=1S/C12H10ClFN4O3/c13-10-8(1-6(14)3-16-10)11(19)18-9(12(20)21)2-7-4-15-5-17-7/h1,3-5,9H,2H2,(H,15,17)(H,18,19)(H,20,21)/t9-/m1/s1. The van der Waals surface area contributed by atoms with Gasteiger partial charge in [-0.15, -0.1) is 0 Å². The van der Waals surface area contributed by atoms with Crippen molar-refractivity contribution in [2.24, 2.45) is 0 Å². The van der Waals surface area contributed by atoms with Crippen molar-refractivity contribution >= 4 is 23.5 Å². The molecule has 0 aliphatic heterocycles. The predicted molar refractivity (Wildman–Crippen MR) is 70.4 cm³/mol. The lowest BCUT2D eigenvalue weighted by Gasteiger charge is -2.14. The largest absolute Gasteiger partial charge is 0.480 e. The SMILES string of the molecule is O=C(N[C@H](Cc1cnc[nH]1)C(=O)O)c1cc(F)cnc1Cl. The highest BCUT2D eigenvalue weighted by atomic mass is 35.5. The summed E-state index contributed by atoms with van der Waals surface area (Å²) in [6, 6.07) is -0.322. The minimum Gasteiger partial charge on any atom is -0.480 e. The molecule has 9 heteroatoms. The summed E-state index contributed by atoms with van der Waals surface area (Å²) < 4.78 is 13.1. The van der Waals surface area contributed by atoms with Crippen LogP contribution in [0.1, 0.15) is 16.1 Å². The second kappa shape index (κ2) is 6.31. The van der Waals surface area contributed by atoms with Crippen molar-refractivity contribution in [3.05, 3.63) is 47.0 Å². The second-order valence-corrected chi connectivity index (χ2v) is 4.50. The maximum absolute atomic E-state index is 13.1. The van der Waals surface area contributed by atoms with Gasteiger partial charge in [0.2, 0.25) is 0 Å². The average Bonchev–Trinajstić information content (AvgIpc) is 2.93. The molecular formula is C12H10ClFN4O3. The molecular weight excluding hydrogens is 303 g/mol. The Hall–Kier alpha value is -2.48. The molecule has 21 heavy (non-hydrogen) atoms. The van der Waals surface area contributed by atoms with Crippen molar-refractivity contribution in [3.8, 4) is 0 Å². The van der Waals surface area contributed by atoms with E-state index in [-0.39, 0.29) is 17.1 Å². The van der Waals surface area contributed by atoms with Crippen molar-refractivity contribution < 1.29 is 19.1 Å². The van der Waals surface area contributed by atoms with Crippen LogP contribution in [-0.4, -0.2) is 38.0 Å². The highest BCUT2D eigenvalue weighted by molar-refractivity contribution is 6.32. The van der Waals surface area contributed by atoms with Crippen molar-refractivity contribution in [2.45, 2.75) is 12.5 Å². The van der Waals surface area contributed by atoms with E-state index in [2.05, 4.69) is 20.3 Å². The normalized spacial score (nSPS) is 11.9. The number of carbonyl (C=O) groups excluding carboxylic acids is 1. The van der Waals surface area contributed by atoms with Crippen molar-refractivity contribution in [1.82, 2.24) is 20.3 Å². The molecule has 0 saturated heterocycles. The van der Waals surface area contributed by atoms with Crippen LogP contribution in [-0.2, 0) is 11.2 Å². The first-order valence-electron chi connectivity index (χ1n) is 5.79. The Bertz CT molecular complexity index is 663. The third kappa shape index (κ3) is 3.76. The molecule has 2 aromatic rings. The number of rotatable bonds is 5. The quantitative estimate of drug-likeness (QED) is 0.714. The van der Waals surface area contributed by atoms with E-state index < -0.39 is 23.7 Å². The van der Waals surface area contributed by atoms with Gasteiger partial charge < -0.3 is 15.4 Å². The average molecular weight is 313 g/mol. The summed E-state index contributed by atoms with van der Waals surface area (Å²) >= 11 is 5.69. The first-order valence-corrected chi connectivity index (χ1v) is 6.17. The number of amides is 1. The van der Waals surface area contributed by atoms with Crippen LogP contribution >= 0.6 is 11.6 Å². The number of carbonyl (C=O) groups is 2. The Morgan fingerprint density at radius 1 is 1.48 bits per heavy atom. The Balaban J connectivity index is 2.14. The summed E-state index contributed by atoms with van der Waals surface area (Å²) in [6.07, 6.45) is 3.70. The number of hydrogen-bond acceptors (Lipinski definition) is 4. The van der Waals surface area contributed by atoms with E-state index in [9.17, 15) is 14.0 Å². The van der Waals surface area contributed by atoms with Gasteiger partial charge in [-0.1, -0.05) is 11.6 Å². The molecule has 1 amide bonds. The molecule has 1 atom stereocenters. The number of nitrogens with zero attached hydrogens (tertiary/aromatic N) is 2. The van der Waals surface area contributed by atoms with Crippen LogP contribution < -0.4 is 5.32 Å². The highest BCUT2D eigenvalue weighted by Gasteiger charge is 2.23. The Labute approximate surface area is 123 Å². The summed E-state index contributed by atoms with van der Waals surface area (Å²) in [5.41, 5.74) is 0.304. The number of halogens is 2. The molecule has 0 radical (unpaired) electrons. The zero-order valence-corrected chi connectivity index (χ0v) is 11.3. The summed E-state index contributed by atoms with van der Waals surface area (Å²) in [7, 11) is 0. The number of carboxylic acid groups (broad SMARTS) is 1. The minimum atomic E-state index is -1.24. The van der Waals surface area contributed by atoms with Crippen LogP contribution in [0.3, 0.4) is 0 Å². The smallest absolute Gasteiger partial charge is 0.326 e. The third-order valence-electron chi connectivity index (χ3n) is 2.63. The van der Waals surface area contributed by atoms with E-state index in [1.165, 1.54) is 12.5 Å².